The van der Waals surface area contributed by atoms with Gasteiger partial charge in [-0.2, -0.15) is 8.78 Å². The van der Waals surface area contributed by atoms with Gasteiger partial charge in [0.05, 0.1) is 0 Å². The molecule has 2 aromatic heterocycles. The molecule has 1 aliphatic carbocycles. The molecular weight excluding hydrogens is 408 g/mol. The van der Waals surface area contributed by atoms with Crippen LogP contribution in [0, 0.1) is 5.41 Å². The molecule has 180 valence electrons. The van der Waals surface area contributed by atoms with Crippen LogP contribution in [0.25, 0.3) is 11.0 Å². The minimum Gasteiger partial charge on any atom is -0.320 e. The van der Waals surface area contributed by atoms with Crippen LogP contribution in [-0.4, -0.2) is 39.9 Å². The van der Waals surface area contributed by atoms with Crippen LogP contribution in [0.4, 0.5) is 8.78 Å². The first kappa shape index (κ1) is 26.4. The average Bonchev–Trinajstić information content (AvgIpc) is 3.13. The Morgan fingerprint density at radius 2 is 1.72 bits per heavy atom. The Hall–Kier alpha value is -1.82. The number of alkyl halides is 2. The SMILES string of the molecule is CC.CC1(CN2CCCC2)CC1.CCC(C)(C(C)=O)n1ccc2ccc(C(C)(F)F)nc21. The monoisotopic (exact) mass is 449 g/mol. The Morgan fingerprint density at radius 3 is 2.19 bits per heavy atom. The van der Waals surface area contributed by atoms with E-state index >= 15 is 0 Å². The molecule has 2 aliphatic rings. The van der Waals surface area contributed by atoms with Gasteiger partial charge < -0.3 is 9.47 Å². The molecule has 0 bridgehead atoms. The van der Waals surface area contributed by atoms with Gasteiger partial charge >= 0.3 is 0 Å². The van der Waals surface area contributed by atoms with Crippen molar-refractivity contribution < 1.29 is 13.6 Å². The maximum Gasteiger partial charge on any atom is 0.287 e. The van der Waals surface area contributed by atoms with E-state index in [9.17, 15) is 13.6 Å². The zero-order chi connectivity index (χ0) is 24.2. The lowest BCUT2D eigenvalue weighted by atomic mass is 9.94. The van der Waals surface area contributed by atoms with Crippen LogP contribution < -0.4 is 0 Å². The van der Waals surface area contributed by atoms with Gasteiger partial charge in [-0.1, -0.05) is 27.7 Å². The Bertz CT molecular complexity index is 892. The first-order valence-corrected chi connectivity index (χ1v) is 12.1. The minimum atomic E-state index is -3.00. The number of aromatic nitrogens is 2. The Labute approximate surface area is 192 Å². The summed E-state index contributed by atoms with van der Waals surface area (Å²) >= 11 is 0. The summed E-state index contributed by atoms with van der Waals surface area (Å²) in [5.74, 6) is -3.02. The molecule has 4 rings (SSSR count). The Morgan fingerprint density at radius 1 is 1.12 bits per heavy atom. The molecule has 1 atom stereocenters. The number of carbonyl (C=O) groups excluding carboxylic acids is 1. The predicted molar refractivity (Wildman–Crippen MR) is 128 cm³/mol. The van der Waals surface area contributed by atoms with Crippen molar-refractivity contribution in [3.8, 4) is 0 Å². The maximum absolute atomic E-state index is 13.4. The van der Waals surface area contributed by atoms with Crippen molar-refractivity contribution in [2.24, 2.45) is 5.41 Å². The second-order valence-electron chi connectivity index (χ2n) is 9.66. The molecule has 0 aromatic carbocycles. The number of fused-ring (bicyclic) bond motifs is 1. The van der Waals surface area contributed by atoms with Gasteiger partial charge in [0.25, 0.3) is 5.92 Å². The lowest BCUT2D eigenvalue weighted by molar-refractivity contribution is -0.124. The molecule has 1 unspecified atom stereocenters. The van der Waals surface area contributed by atoms with Crippen LogP contribution in [0.5, 0.6) is 0 Å². The summed E-state index contributed by atoms with van der Waals surface area (Å²) in [6, 6.07) is 4.72. The van der Waals surface area contributed by atoms with Crippen molar-refractivity contribution in [3.05, 3.63) is 30.1 Å². The van der Waals surface area contributed by atoms with Gasteiger partial charge in [-0.05, 0) is 82.7 Å². The van der Waals surface area contributed by atoms with Crippen LogP contribution in [0.3, 0.4) is 0 Å². The van der Waals surface area contributed by atoms with E-state index < -0.39 is 11.5 Å². The van der Waals surface area contributed by atoms with Gasteiger partial charge in [0.2, 0.25) is 0 Å². The first-order chi connectivity index (χ1) is 15.0. The summed E-state index contributed by atoms with van der Waals surface area (Å²) in [5.41, 5.74) is 0.108. The number of rotatable bonds is 6. The Kier molecular flexibility index (Phi) is 8.60. The van der Waals surface area contributed by atoms with E-state index in [2.05, 4.69) is 16.8 Å². The number of halogens is 2. The topological polar surface area (TPSA) is 38.1 Å². The van der Waals surface area contributed by atoms with Crippen molar-refractivity contribution in [2.45, 2.75) is 92.0 Å². The summed E-state index contributed by atoms with van der Waals surface area (Å²) in [6.45, 7) is 16.6. The molecule has 0 N–H and O–H groups in total. The van der Waals surface area contributed by atoms with Crippen LogP contribution in [0.2, 0.25) is 0 Å². The third-order valence-electron chi connectivity index (χ3n) is 6.87. The van der Waals surface area contributed by atoms with Crippen LogP contribution in [0.15, 0.2) is 24.4 Å². The smallest absolute Gasteiger partial charge is 0.287 e. The fraction of sp³-hybridized carbons (Fsp3) is 0.692. The summed E-state index contributed by atoms with van der Waals surface area (Å²) in [7, 11) is 0. The molecule has 3 heterocycles. The van der Waals surface area contributed by atoms with Crippen LogP contribution in [-0.2, 0) is 16.3 Å². The van der Waals surface area contributed by atoms with Gasteiger partial charge in [0.15, 0.2) is 5.78 Å². The van der Waals surface area contributed by atoms with Crippen LogP contribution >= 0.6 is 0 Å². The third-order valence-corrected chi connectivity index (χ3v) is 6.87. The molecule has 0 amide bonds. The number of hydrogen-bond acceptors (Lipinski definition) is 3. The number of Topliss-reactive ketones (excluding diaryl/α,β-unsaturated/α-hetero) is 1. The number of pyridine rings is 1. The summed E-state index contributed by atoms with van der Waals surface area (Å²) in [5, 5.41) is 0.749. The highest BCUT2D eigenvalue weighted by molar-refractivity contribution is 5.87. The highest BCUT2D eigenvalue weighted by Gasteiger charge is 2.39. The highest BCUT2D eigenvalue weighted by Crippen LogP contribution is 2.45. The quantitative estimate of drug-likeness (QED) is 0.488. The van der Waals surface area contributed by atoms with Gasteiger partial charge in [0.1, 0.15) is 16.9 Å². The summed E-state index contributed by atoms with van der Waals surface area (Å²) < 4.78 is 28.5. The number of ketones is 1. The van der Waals surface area contributed by atoms with E-state index in [1.807, 2.05) is 20.8 Å². The van der Waals surface area contributed by atoms with Gasteiger partial charge in [0, 0.05) is 25.1 Å². The lowest BCUT2D eigenvalue weighted by Gasteiger charge is -2.28. The molecular formula is C26H41F2N3O. The predicted octanol–water partition coefficient (Wildman–Crippen LogP) is 6.77. The van der Waals surface area contributed by atoms with Crippen molar-refractivity contribution in [3.63, 3.8) is 0 Å². The zero-order valence-corrected chi connectivity index (χ0v) is 21.0. The molecule has 1 saturated carbocycles. The van der Waals surface area contributed by atoms with E-state index in [1.165, 1.54) is 58.3 Å². The molecule has 2 aromatic rings. The van der Waals surface area contributed by atoms with Gasteiger partial charge in [-0.15, -0.1) is 0 Å². The van der Waals surface area contributed by atoms with E-state index in [1.54, 1.807) is 29.8 Å². The van der Waals surface area contributed by atoms with Crippen molar-refractivity contribution in [2.75, 3.05) is 19.6 Å². The second kappa shape index (κ2) is 10.4. The molecule has 0 spiro atoms. The molecule has 6 heteroatoms. The largest absolute Gasteiger partial charge is 0.320 e. The molecule has 4 nitrogen and oxygen atoms in total. The second-order valence-corrected chi connectivity index (χ2v) is 9.66. The van der Waals surface area contributed by atoms with E-state index in [-0.39, 0.29) is 11.5 Å². The molecule has 32 heavy (non-hydrogen) atoms. The van der Waals surface area contributed by atoms with E-state index in [0.717, 1.165) is 17.7 Å². The fourth-order valence-corrected chi connectivity index (χ4v) is 4.09. The van der Waals surface area contributed by atoms with Crippen molar-refractivity contribution in [1.29, 1.82) is 0 Å². The molecule has 2 fully saturated rings. The summed E-state index contributed by atoms with van der Waals surface area (Å²) in [4.78, 5) is 18.6. The summed E-state index contributed by atoms with van der Waals surface area (Å²) in [6.07, 6.45) is 8.14. The van der Waals surface area contributed by atoms with Crippen LogP contribution in [0.1, 0.15) is 86.3 Å². The molecule has 0 radical (unpaired) electrons. The standard InChI is InChI=1S/C15H18F2N2O.C9H17N.C2H6/c1-5-14(3,10(2)20)19-9-8-11-6-7-12(15(4,16)17)18-13(11)19;1-9(4-5-9)8-10-6-2-3-7-10;1-2/h6-9H,5H2,1-4H3;2-8H2,1H3;1-2H3. The Balaban J connectivity index is 0.000000251. The van der Waals surface area contributed by atoms with E-state index in [4.69, 9.17) is 0 Å². The molecule has 1 aliphatic heterocycles. The maximum atomic E-state index is 13.4. The van der Waals surface area contributed by atoms with Gasteiger partial charge in [-0.3, -0.25) is 4.79 Å². The number of likely N-dealkylation sites (tertiary alicyclic amines) is 1. The highest BCUT2D eigenvalue weighted by atomic mass is 19.3. The minimum absolute atomic E-state index is 0.0204. The number of carbonyl (C=O) groups is 1. The number of nitrogens with zero attached hydrogens (tertiary/aromatic N) is 3. The molecule has 1 saturated heterocycles. The average molecular weight is 450 g/mol. The van der Waals surface area contributed by atoms with Gasteiger partial charge in [-0.25, -0.2) is 4.98 Å². The fourth-order valence-electron chi connectivity index (χ4n) is 4.09. The lowest BCUT2D eigenvalue weighted by Crippen LogP contribution is -2.36. The van der Waals surface area contributed by atoms with E-state index in [0.29, 0.717) is 12.1 Å². The van der Waals surface area contributed by atoms with Crippen molar-refractivity contribution >= 4 is 16.8 Å². The number of hydrogen-bond donors (Lipinski definition) is 0. The first-order valence-electron chi connectivity index (χ1n) is 12.1. The zero-order valence-electron chi connectivity index (χ0n) is 21.0. The normalized spacial score (nSPS) is 19.4. The third kappa shape index (κ3) is 6.15. The van der Waals surface area contributed by atoms with Crippen molar-refractivity contribution in [1.82, 2.24) is 14.5 Å².